The second kappa shape index (κ2) is 7.02. The lowest BCUT2D eigenvalue weighted by atomic mass is 10.1. The largest absolute Gasteiger partial charge is 0.465 e. The van der Waals surface area contributed by atoms with E-state index in [0.717, 1.165) is 63.0 Å². The highest BCUT2D eigenvalue weighted by atomic mass is 16.5. The lowest BCUT2D eigenvalue weighted by molar-refractivity contribution is -0.119. The molecule has 1 aliphatic carbocycles. The number of carbonyl (C=O) groups is 2. The maximum Gasteiger partial charge on any atom is 0.337 e. The monoisotopic (exact) mass is 316 g/mol. The fourth-order valence-corrected chi connectivity index (χ4v) is 3.54. The van der Waals surface area contributed by atoms with E-state index >= 15 is 0 Å². The summed E-state index contributed by atoms with van der Waals surface area (Å²) >= 11 is 0. The van der Waals surface area contributed by atoms with E-state index in [1.165, 1.54) is 7.11 Å². The Labute approximate surface area is 137 Å². The molecule has 2 aliphatic rings. The van der Waals surface area contributed by atoms with Gasteiger partial charge in [0.25, 0.3) is 0 Å². The molecule has 0 unspecified atom stereocenters. The van der Waals surface area contributed by atoms with Crippen LogP contribution in [0.2, 0.25) is 0 Å². The quantitative estimate of drug-likeness (QED) is 0.867. The Hall–Kier alpha value is -2.04. The summed E-state index contributed by atoms with van der Waals surface area (Å²) < 4.78 is 4.80. The average molecular weight is 316 g/mol. The Morgan fingerprint density at radius 3 is 2.48 bits per heavy atom. The maximum absolute atomic E-state index is 12.5. The standard InChI is InChI=1S/C18H24N2O3/c1-23-18(22)14-8-9-16(20-10-4-5-11-20)15(12-14)19-17(21)13-6-2-3-7-13/h8-9,12-13H,2-7,10-11H2,1H3,(H,19,21). The number of hydrogen-bond acceptors (Lipinski definition) is 4. The second-order valence-corrected chi connectivity index (χ2v) is 6.39. The number of methoxy groups -OCH3 is 1. The van der Waals surface area contributed by atoms with Gasteiger partial charge in [0.15, 0.2) is 0 Å². The molecular weight excluding hydrogens is 292 g/mol. The van der Waals surface area contributed by atoms with Crippen LogP contribution in [0.4, 0.5) is 11.4 Å². The number of nitrogens with one attached hydrogen (secondary N) is 1. The van der Waals surface area contributed by atoms with Crippen LogP contribution in [0.3, 0.4) is 0 Å². The van der Waals surface area contributed by atoms with Crippen LogP contribution in [-0.2, 0) is 9.53 Å². The minimum absolute atomic E-state index is 0.0740. The molecule has 0 spiro atoms. The molecule has 5 heteroatoms. The minimum Gasteiger partial charge on any atom is -0.465 e. The van der Waals surface area contributed by atoms with Gasteiger partial charge in [-0.3, -0.25) is 4.79 Å². The molecule has 23 heavy (non-hydrogen) atoms. The van der Waals surface area contributed by atoms with Crippen LogP contribution >= 0.6 is 0 Å². The average Bonchev–Trinajstić information content (AvgIpc) is 3.27. The number of hydrogen-bond donors (Lipinski definition) is 1. The van der Waals surface area contributed by atoms with Gasteiger partial charge in [-0.2, -0.15) is 0 Å². The van der Waals surface area contributed by atoms with Crippen molar-refractivity contribution in [1.82, 2.24) is 0 Å². The molecular formula is C18H24N2O3. The molecule has 1 heterocycles. The molecule has 1 N–H and O–H groups in total. The topological polar surface area (TPSA) is 58.6 Å². The Kier molecular flexibility index (Phi) is 4.84. The van der Waals surface area contributed by atoms with E-state index in [9.17, 15) is 9.59 Å². The molecule has 1 aromatic carbocycles. The zero-order valence-electron chi connectivity index (χ0n) is 13.6. The second-order valence-electron chi connectivity index (χ2n) is 6.39. The molecule has 1 aliphatic heterocycles. The third-order valence-electron chi connectivity index (χ3n) is 4.85. The first-order valence-electron chi connectivity index (χ1n) is 8.47. The highest BCUT2D eigenvalue weighted by Gasteiger charge is 2.25. The molecule has 124 valence electrons. The van der Waals surface area contributed by atoms with Gasteiger partial charge in [-0.25, -0.2) is 4.79 Å². The fourth-order valence-electron chi connectivity index (χ4n) is 3.54. The van der Waals surface area contributed by atoms with Crippen LogP contribution in [0.5, 0.6) is 0 Å². The molecule has 0 aromatic heterocycles. The highest BCUT2D eigenvalue weighted by molar-refractivity contribution is 5.99. The zero-order valence-corrected chi connectivity index (χ0v) is 13.6. The highest BCUT2D eigenvalue weighted by Crippen LogP contribution is 2.32. The van der Waals surface area contributed by atoms with Crippen molar-refractivity contribution in [3.05, 3.63) is 23.8 Å². The van der Waals surface area contributed by atoms with Crippen molar-refractivity contribution in [2.45, 2.75) is 38.5 Å². The number of anilines is 2. The van der Waals surface area contributed by atoms with Crippen LogP contribution in [0.15, 0.2) is 18.2 Å². The van der Waals surface area contributed by atoms with Gasteiger partial charge in [-0.05, 0) is 43.9 Å². The molecule has 2 fully saturated rings. The molecule has 5 nitrogen and oxygen atoms in total. The maximum atomic E-state index is 12.5. The van der Waals surface area contributed by atoms with Gasteiger partial charge in [-0.15, -0.1) is 0 Å². The molecule has 1 saturated heterocycles. The van der Waals surface area contributed by atoms with Crippen LogP contribution in [0, 0.1) is 5.92 Å². The number of rotatable bonds is 4. The number of ether oxygens (including phenoxy) is 1. The van der Waals surface area contributed by atoms with Crippen molar-refractivity contribution >= 4 is 23.3 Å². The van der Waals surface area contributed by atoms with E-state index < -0.39 is 0 Å². The summed E-state index contributed by atoms with van der Waals surface area (Å²) in [6.07, 6.45) is 6.49. The molecule has 1 saturated carbocycles. The van der Waals surface area contributed by atoms with Crippen molar-refractivity contribution in [2.24, 2.45) is 5.92 Å². The van der Waals surface area contributed by atoms with E-state index in [0.29, 0.717) is 5.56 Å². The SMILES string of the molecule is COC(=O)c1ccc(N2CCCC2)c(NC(=O)C2CCCC2)c1. The Morgan fingerprint density at radius 2 is 1.83 bits per heavy atom. The number of amides is 1. The summed E-state index contributed by atoms with van der Waals surface area (Å²) in [5, 5.41) is 3.06. The zero-order chi connectivity index (χ0) is 16.2. The predicted octanol–water partition coefficient (Wildman–Crippen LogP) is 3.20. The summed E-state index contributed by atoms with van der Waals surface area (Å²) in [6, 6.07) is 5.43. The summed E-state index contributed by atoms with van der Waals surface area (Å²) in [4.78, 5) is 26.5. The third-order valence-corrected chi connectivity index (χ3v) is 4.85. The predicted molar refractivity (Wildman–Crippen MR) is 89.8 cm³/mol. The summed E-state index contributed by atoms with van der Waals surface area (Å²) in [7, 11) is 1.37. The first-order chi connectivity index (χ1) is 11.2. The first kappa shape index (κ1) is 15.8. The van der Waals surface area contributed by atoms with Crippen LogP contribution < -0.4 is 10.2 Å². The summed E-state index contributed by atoms with van der Waals surface area (Å²) in [5.41, 5.74) is 2.20. The molecule has 0 atom stereocenters. The van der Waals surface area contributed by atoms with E-state index in [1.807, 2.05) is 6.07 Å². The van der Waals surface area contributed by atoms with Crippen molar-refractivity contribution in [1.29, 1.82) is 0 Å². The Balaban J connectivity index is 1.86. The number of carbonyl (C=O) groups excluding carboxylic acids is 2. The molecule has 0 bridgehead atoms. The lowest BCUT2D eigenvalue weighted by Crippen LogP contribution is -2.24. The van der Waals surface area contributed by atoms with Crippen molar-refractivity contribution in [3.63, 3.8) is 0 Å². The molecule has 0 radical (unpaired) electrons. The van der Waals surface area contributed by atoms with Crippen LogP contribution in [-0.4, -0.2) is 32.1 Å². The number of nitrogens with zero attached hydrogens (tertiary/aromatic N) is 1. The van der Waals surface area contributed by atoms with Gasteiger partial charge in [0, 0.05) is 19.0 Å². The number of benzene rings is 1. The number of esters is 1. The van der Waals surface area contributed by atoms with E-state index in [1.54, 1.807) is 12.1 Å². The molecule has 1 aromatic rings. The van der Waals surface area contributed by atoms with E-state index in [2.05, 4.69) is 10.2 Å². The van der Waals surface area contributed by atoms with E-state index in [4.69, 9.17) is 4.74 Å². The van der Waals surface area contributed by atoms with Gasteiger partial charge in [0.05, 0.1) is 24.0 Å². The van der Waals surface area contributed by atoms with E-state index in [-0.39, 0.29) is 17.8 Å². The van der Waals surface area contributed by atoms with Gasteiger partial charge in [0.1, 0.15) is 0 Å². The Bertz CT molecular complexity index is 588. The lowest BCUT2D eigenvalue weighted by Gasteiger charge is -2.23. The van der Waals surface area contributed by atoms with Gasteiger partial charge < -0.3 is 15.0 Å². The van der Waals surface area contributed by atoms with Crippen molar-refractivity contribution < 1.29 is 14.3 Å². The van der Waals surface area contributed by atoms with Gasteiger partial charge in [0.2, 0.25) is 5.91 Å². The third kappa shape index (κ3) is 3.49. The molecule has 3 rings (SSSR count). The normalized spacial score (nSPS) is 18.2. The Morgan fingerprint density at radius 1 is 1.13 bits per heavy atom. The summed E-state index contributed by atoms with van der Waals surface area (Å²) in [5.74, 6) is -0.206. The minimum atomic E-state index is -0.380. The molecule has 1 amide bonds. The first-order valence-corrected chi connectivity index (χ1v) is 8.47. The van der Waals surface area contributed by atoms with Crippen molar-refractivity contribution in [3.8, 4) is 0 Å². The van der Waals surface area contributed by atoms with Gasteiger partial charge in [-0.1, -0.05) is 12.8 Å². The van der Waals surface area contributed by atoms with Crippen molar-refractivity contribution in [2.75, 3.05) is 30.4 Å². The van der Waals surface area contributed by atoms with Gasteiger partial charge >= 0.3 is 5.97 Å². The summed E-state index contributed by atoms with van der Waals surface area (Å²) in [6.45, 7) is 1.98. The van der Waals surface area contributed by atoms with Crippen LogP contribution in [0.25, 0.3) is 0 Å². The van der Waals surface area contributed by atoms with Crippen LogP contribution in [0.1, 0.15) is 48.9 Å². The smallest absolute Gasteiger partial charge is 0.337 e. The fraction of sp³-hybridized carbons (Fsp3) is 0.556.